The average molecular weight is 254 g/mol. The van der Waals surface area contributed by atoms with Crippen molar-refractivity contribution in [3.05, 3.63) is 0 Å². The molecule has 0 saturated carbocycles. The monoisotopic (exact) mass is 254 g/mol. The van der Waals surface area contributed by atoms with Crippen LogP contribution in [-0.4, -0.2) is 49.1 Å². The van der Waals surface area contributed by atoms with Crippen molar-refractivity contribution in [2.45, 2.75) is 50.6 Å². The second-order valence-corrected chi connectivity index (χ2v) is 5.07. The first kappa shape index (κ1) is 13.3. The van der Waals surface area contributed by atoms with Crippen molar-refractivity contribution in [3.63, 3.8) is 0 Å². The number of nitrogens with zero attached hydrogens (tertiary/aromatic N) is 1. The molecule has 1 N–H and O–H groups in total. The summed E-state index contributed by atoms with van der Waals surface area (Å²) in [5.74, 6) is -0.209. The summed E-state index contributed by atoms with van der Waals surface area (Å²) in [5.41, 5.74) is 0. The Morgan fingerprint density at radius 1 is 1.17 bits per heavy atom. The molecule has 102 valence electrons. The first-order chi connectivity index (χ1) is 8.74. The van der Waals surface area contributed by atoms with Gasteiger partial charge in [0.2, 0.25) is 5.91 Å². The van der Waals surface area contributed by atoms with Gasteiger partial charge in [-0.2, -0.15) is 0 Å². The lowest BCUT2D eigenvalue weighted by molar-refractivity contribution is -0.151. The minimum Gasteiger partial charge on any atom is -0.467 e. The molecule has 2 aliphatic heterocycles. The quantitative estimate of drug-likeness (QED) is 0.736. The second kappa shape index (κ2) is 6.18. The molecular weight excluding hydrogens is 232 g/mol. The summed E-state index contributed by atoms with van der Waals surface area (Å²) in [6.07, 6.45) is 5.88. The molecule has 0 unspecified atom stereocenters. The van der Waals surface area contributed by atoms with E-state index in [0.29, 0.717) is 6.54 Å². The van der Waals surface area contributed by atoms with E-state index in [1.54, 1.807) is 4.90 Å². The third kappa shape index (κ3) is 2.83. The molecular formula is C13H22N2O3. The highest BCUT2D eigenvalue weighted by Gasteiger charge is 2.37. The van der Waals surface area contributed by atoms with Gasteiger partial charge in [0.15, 0.2) is 0 Å². The predicted molar refractivity (Wildman–Crippen MR) is 67.0 cm³/mol. The van der Waals surface area contributed by atoms with Crippen molar-refractivity contribution in [1.29, 1.82) is 0 Å². The van der Waals surface area contributed by atoms with Crippen molar-refractivity contribution in [2.24, 2.45) is 0 Å². The van der Waals surface area contributed by atoms with Crippen LogP contribution in [0.5, 0.6) is 0 Å². The fraction of sp³-hybridized carbons (Fsp3) is 0.846. The van der Waals surface area contributed by atoms with Gasteiger partial charge in [-0.3, -0.25) is 4.79 Å². The van der Waals surface area contributed by atoms with Crippen molar-refractivity contribution < 1.29 is 14.3 Å². The van der Waals surface area contributed by atoms with E-state index < -0.39 is 0 Å². The predicted octanol–water partition coefficient (Wildman–Crippen LogP) is 0.683. The van der Waals surface area contributed by atoms with E-state index in [2.05, 4.69) is 5.32 Å². The van der Waals surface area contributed by atoms with Gasteiger partial charge < -0.3 is 15.0 Å². The van der Waals surface area contributed by atoms with E-state index in [1.165, 1.54) is 13.5 Å². The van der Waals surface area contributed by atoms with Gasteiger partial charge in [-0.15, -0.1) is 0 Å². The molecule has 5 heteroatoms. The number of esters is 1. The van der Waals surface area contributed by atoms with Crippen molar-refractivity contribution in [1.82, 2.24) is 10.2 Å². The minimum atomic E-state index is -0.368. The lowest BCUT2D eigenvalue weighted by atomic mass is 10.1. The number of carbonyl (C=O) groups excluding carboxylic acids is 2. The summed E-state index contributed by atoms with van der Waals surface area (Å²) in [4.78, 5) is 25.8. The Morgan fingerprint density at radius 2 is 2.00 bits per heavy atom. The van der Waals surface area contributed by atoms with Gasteiger partial charge in [0.05, 0.1) is 13.2 Å². The van der Waals surface area contributed by atoms with Crippen LogP contribution in [0.2, 0.25) is 0 Å². The van der Waals surface area contributed by atoms with Crippen molar-refractivity contribution >= 4 is 11.9 Å². The lowest BCUT2D eigenvalue weighted by Gasteiger charge is -2.27. The number of methoxy groups -OCH3 is 1. The summed E-state index contributed by atoms with van der Waals surface area (Å²) in [7, 11) is 1.38. The Hall–Kier alpha value is -1.10. The highest BCUT2D eigenvalue weighted by molar-refractivity contribution is 5.88. The van der Waals surface area contributed by atoms with E-state index in [1.807, 2.05) is 0 Å². The van der Waals surface area contributed by atoms with Gasteiger partial charge in [-0.05, 0) is 32.2 Å². The molecule has 2 saturated heterocycles. The normalized spacial score (nSPS) is 28.8. The van der Waals surface area contributed by atoms with Crippen LogP contribution in [0.4, 0.5) is 0 Å². The molecule has 2 aliphatic rings. The maximum absolute atomic E-state index is 12.4. The molecule has 2 heterocycles. The minimum absolute atomic E-state index is 0.0739. The van der Waals surface area contributed by atoms with Gasteiger partial charge in [0.25, 0.3) is 0 Å². The Balaban J connectivity index is 2.00. The number of amides is 1. The maximum atomic E-state index is 12.4. The van der Waals surface area contributed by atoms with Crippen LogP contribution in [-0.2, 0) is 14.3 Å². The number of hydrogen-bond donors (Lipinski definition) is 1. The topological polar surface area (TPSA) is 58.6 Å². The molecule has 0 aromatic heterocycles. The first-order valence-electron chi connectivity index (χ1n) is 6.85. The molecule has 1 amide bonds. The SMILES string of the molecule is COC(=O)[C@@H]1CCCN1C(=O)[C@H]1CCCCCN1. The van der Waals surface area contributed by atoms with E-state index in [0.717, 1.165) is 38.6 Å². The number of rotatable bonds is 2. The average Bonchev–Trinajstić information content (AvgIpc) is 2.72. The number of likely N-dealkylation sites (tertiary alicyclic amines) is 1. The van der Waals surface area contributed by atoms with Gasteiger partial charge in [0.1, 0.15) is 6.04 Å². The summed E-state index contributed by atoms with van der Waals surface area (Å²) in [5, 5.41) is 3.29. The van der Waals surface area contributed by atoms with Crippen LogP contribution in [0.3, 0.4) is 0 Å². The molecule has 2 rings (SSSR count). The zero-order valence-electron chi connectivity index (χ0n) is 11.0. The summed E-state index contributed by atoms with van der Waals surface area (Å²) in [6.45, 7) is 1.57. The Kier molecular flexibility index (Phi) is 4.58. The fourth-order valence-electron chi connectivity index (χ4n) is 2.85. The van der Waals surface area contributed by atoms with Crippen LogP contribution < -0.4 is 5.32 Å². The number of ether oxygens (including phenoxy) is 1. The molecule has 2 atom stereocenters. The third-order valence-corrected chi connectivity index (χ3v) is 3.87. The maximum Gasteiger partial charge on any atom is 0.328 e. The van der Waals surface area contributed by atoms with Crippen molar-refractivity contribution in [3.8, 4) is 0 Å². The van der Waals surface area contributed by atoms with Crippen LogP contribution >= 0.6 is 0 Å². The highest BCUT2D eigenvalue weighted by atomic mass is 16.5. The van der Waals surface area contributed by atoms with Gasteiger partial charge >= 0.3 is 5.97 Å². The Morgan fingerprint density at radius 3 is 2.78 bits per heavy atom. The van der Waals surface area contributed by atoms with E-state index in [4.69, 9.17) is 4.74 Å². The molecule has 5 nitrogen and oxygen atoms in total. The van der Waals surface area contributed by atoms with Crippen molar-refractivity contribution in [2.75, 3.05) is 20.2 Å². The molecule has 0 spiro atoms. The Labute approximate surface area is 108 Å². The molecule has 0 aromatic rings. The van der Waals surface area contributed by atoms with E-state index >= 15 is 0 Å². The molecule has 0 aliphatic carbocycles. The van der Waals surface area contributed by atoms with Crippen LogP contribution in [0.25, 0.3) is 0 Å². The summed E-state index contributed by atoms with van der Waals surface area (Å²) < 4.78 is 4.77. The number of hydrogen-bond acceptors (Lipinski definition) is 4. The standard InChI is InChI=1S/C13H22N2O3/c1-18-13(17)11-7-5-9-15(11)12(16)10-6-3-2-4-8-14-10/h10-11,14H,2-9H2,1H3/t10-,11+/m1/s1. The van der Waals surface area contributed by atoms with Gasteiger partial charge in [-0.25, -0.2) is 4.79 Å². The lowest BCUT2D eigenvalue weighted by Crippen LogP contribution is -2.50. The van der Waals surface area contributed by atoms with Gasteiger partial charge in [0, 0.05) is 6.54 Å². The first-order valence-corrected chi connectivity index (χ1v) is 6.85. The number of nitrogens with one attached hydrogen (secondary N) is 1. The largest absolute Gasteiger partial charge is 0.467 e. The zero-order chi connectivity index (χ0) is 13.0. The van der Waals surface area contributed by atoms with Crippen LogP contribution in [0, 0.1) is 0 Å². The van der Waals surface area contributed by atoms with E-state index in [9.17, 15) is 9.59 Å². The molecule has 0 aromatic carbocycles. The number of carbonyl (C=O) groups is 2. The molecule has 18 heavy (non-hydrogen) atoms. The smallest absolute Gasteiger partial charge is 0.328 e. The molecule has 2 fully saturated rings. The molecule has 0 radical (unpaired) electrons. The summed E-state index contributed by atoms with van der Waals surface area (Å²) >= 11 is 0. The Bertz CT molecular complexity index is 311. The highest BCUT2D eigenvalue weighted by Crippen LogP contribution is 2.21. The summed E-state index contributed by atoms with van der Waals surface area (Å²) in [6, 6.07) is -0.481. The fourth-order valence-corrected chi connectivity index (χ4v) is 2.85. The van der Waals surface area contributed by atoms with Gasteiger partial charge in [-0.1, -0.05) is 12.8 Å². The van der Waals surface area contributed by atoms with Crippen LogP contribution in [0.15, 0.2) is 0 Å². The van der Waals surface area contributed by atoms with E-state index in [-0.39, 0.29) is 24.0 Å². The second-order valence-electron chi connectivity index (χ2n) is 5.07. The van der Waals surface area contributed by atoms with Crippen LogP contribution in [0.1, 0.15) is 38.5 Å². The molecule has 0 bridgehead atoms. The third-order valence-electron chi connectivity index (χ3n) is 3.87. The zero-order valence-corrected chi connectivity index (χ0v) is 11.0.